The zero-order chi connectivity index (χ0) is 13.2. The van der Waals surface area contributed by atoms with E-state index >= 15 is 0 Å². The number of anilines is 2. The largest absolute Gasteiger partial charge is 0.384 e. The maximum absolute atomic E-state index is 6.42. The van der Waals surface area contributed by atoms with Crippen LogP contribution in [0.25, 0.3) is 11.1 Å². The van der Waals surface area contributed by atoms with Gasteiger partial charge in [0.15, 0.2) is 0 Å². The van der Waals surface area contributed by atoms with E-state index in [1.54, 1.807) is 6.20 Å². The smallest absolute Gasteiger partial charge is 0.126 e. The van der Waals surface area contributed by atoms with E-state index in [0.717, 1.165) is 34.9 Å². The first-order valence-corrected chi connectivity index (χ1v) is 6.97. The van der Waals surface area contributed by atoms with Crippen molar-refractivity contribution in [2.45, 2.75) is 19.3 Å². The quantitative estimate of drug-likeness (QED) is 0.885. The van der Waals surface area contributed by atoms with Crippen LogP contribution in [0.2, 0.25) is 5.02 Å². The van der Waals surface area contributed by atoms with Crippen molar-refractivity contribution in [2.75, 3.05) is 23.7 Å². The molecule has 100 valence electrons. The van der Waals surface area contributed by atoms with Gasteiger partial charge in [0.25, 0.3) is 0 Å². The molecule has 0 atom stereocenters. The molecule has 3 N–H and O–H groups in total. The molecule has 0 aliphatic carbocycles. The fourth-order valence-electron chi connectivity index (χ4n) is 2.59. The molecular formula is C14H17ClN4. The lowest BCUT2D eigenvalue weighted by atomic mass is 10.1. The van der Waals surface area contributed by atoms with Crippen LogP contribution in [0.5, 0.6) is 0 Å². The molecule has 2 heterocycles. The van der Waals surface area contributed by atoms with E-state index in [0.29, 0.717) is 5.82 Å². The highest BCUT2D eigenvalue weighted by Gasteiger charge is 2.15. The van der Waals surface area contributed by atoms with Gasteiger partial charge >= 0.3 is 0 Å². The monoisotopic (exact) mass is 276 g/mol. The van der Waals surface area contributed by atoms with Crippen LogP contribution in [0, 0.1) is 0 Å². The Kier molecular flexibility index (Phi) is 3.34. The molecule has 1 aliphatic rings. The second-order valence-corrected chi connectivity index (χ2v) is 5.32. The lowest BCUT2D eigenvalue weighted by Crippen LogP contribution is -2.29. The van der Waals surface area contributed by atoms with Crippen molar-refractivity contribution in [1.82, 2.24) is 10.2 Å². The van der Waals surface area contributed by atoms with E-state index in [4.69, 9.17) is 17.3 Å². The van der Waals surface area contributed by atoms with Crippen molar-refractivity contribution in [3.63, 3.8) is 0 Å². The normalized spacial score (nSPS) is 15.7. The van der Waals surface area contributed by atoms with Gasteiger partial charge in [0.1, 0.15) is 5.82 Å². The van der Waals surface area contributed by atoms with Crippen LogP contribution in [0.1, 0.15) is 19.3 Å². The second-order valence-electron chi connectivity index (χ2n) is 4.91. The van der Waals surface area contributed by atoms with E-state index in [-0.39, 0.29) is 0 Å². The van der Waals surface area contributed by atoms with Gasteiger partial charge in [0, 0.05) is 18.7 Å². The summed E-state index contributed by atoms with van der Waals surface area (Å²) in [6, 6.07) is 6.10. The molecule has 0 radical (unpaired) electrons. The maximum atomic E-state index is 6.42. The Bertz CT molecular complexity index is 573. The highest BCUT2D eigenvalue weighted by atomic mass is 35.5. The molecule has 0 bridgehead atoms. The predicted octanol–water partition coefficient (Wildman–Crippen LogP) is 3.30. The average Bonchev–Trinajstić information content (AvgIpc) is 2.86. The molecule has 2 aromatic rings. The molecule has 0 spiro atoms. The summed E-state index contributed by atoms with van der Waals surface area (Å²) < 4.78 is 0. The number of nitrogens with two attached hydrogens (primary N) is 1. The van der Waals surface area contributed by atoms with Crippen molar-refractivity contribution < 1.29 is 0 Å². The Morgan fingerprint density at radius 2 is 2.00 bits per heavy atom. The first-order chi connectivity index (χ1) is 9.25. The summed E-state index contributed by atoms with van der Waals surface area (Å²) in [5.41, 5.74) is 8.84. The molecule has 1 aromatic heterocycles. The van der Waals surface area contributed by atoms with Crippen LogP contribution in [0.4, 0.5) is 11.5 Å². The minimum Gasteiger partial charge on any atom is -0.384 e. The fraction of sp³-hybridized carbons (Fsp3) is 0.357. The van der Waals surface area contributed by atoms with Crippen LogP contribution < -0.4 is 10.6 Å². The summed E-state index contributed by atoms with van der Waals surface area (Å²) in [6.07, 6.45) is 5.53. The minimum absolute atomic E-state index is 0.571. The van der Waals surface area contributed by atoms with Crippen molar-refractivity contribution >= 4 is 23.1 Å². The Hall–Kier alpha value is -1.68. The van der Waals surface area contributed by atoms with Crippen LogP contribution in [0.15, 0.2) is 24.4 Å². The minimum atomic E-state index is 0.571. The average molecular weight is 277 g/mol. The summed E-state index contributed by atoms with van der Waals surface area (Å²) >= 11 is 6.42. The molecule has 1 aromatic carbocycles. The highest BCUT2D eigenvalue weighted by Crippen LogP contribution is 2.33. The third-order valence-corrected chi connectivity index (χ3v) is 3.93. The molecule has 1 saturated heterocycles. The van der Waals surface area contributed by atoms with Gasteiger partial charge in [-0.15, -0.1) is 0 Å². The lowest BCUT2D eigenvalue weighted by molar-refractivity contribution is 0.578. The summed E-state index contributed by atoms with van der Waals surface area (Å²) in [5.74, 6) is 0.571. The summed E-state index contributed by atoms with van der Waals surface area (Å²) in [6.45, 7) is 2.18. The number of halogens is 1. The van der Waals surface area contributed by atoms with Gasteiger partial charge in [-0.1, -0.05) is 17.7 Å². The topological polar surface area (TPSA) is 57.9 Å². The van der Waals surface area contributed by atoms with E-state index in [1.807, 2.05) is 6.07 Å². The van der Waals surface area contributed by atoms with Gasteiger partial charge < -0.3 is 10.6 Å². The third kappa shape index (κ3) is 2.40. The number of piperidine rings is 1. The van der Waals surface area contributed by atoms with E-state index in [9.17, 15) is 0 Å². The lowest BCUT2D eigenvalue weighted by Gasteiger charge is -2.29. The Morgan fingerprint density at radius 1 is 1.21 bits per heavy atom. The SMILES string of the molecule is Nc1[nH]ncc1-c1ccc(N2CCCCC2)c(Cl)c1. The van der Waals surface area contributed by atoms with Crippen LogP contribution in [0.3, 0.4) is 0 Å². The molecule has 0 amide bonds. The van der Waals surface area contributed by atoms with Crippen LogP contribution >= 0.6 is 11.6 Å². The number of nitrogens with one attached hydrogen (secondary N) is 1. The highest BCUT2D eigenvalue weighted by molar-refractivity contribution is 6.33. The molecule has 1 fully saturated rings. The van der Waals surface area contributed by atoms with Crippen molar-refractivity contribution in [2.24, 2.45) is 0 Å². The van der Waals surface area contributed by atoms with Gasteiger partial charge in [-0.05, 0) is 37.0 Å². The Balaban J connectivity index is 1.91. The van der Waals surface area contributed by atoms with Gasteiger partial charge in [-0.2, -0.15) is 5.10 Å². The molecule has 3 rings (SSSR count). The van der Waals surface area contributed by atoms with Gasteiger partial charge in [0.05, 0.1) is 16.9 Å². The number of H-pyrrole nitrogens is 1. The Labute approximate surface area is 117 Å². The summed E-state index contributed by atoms with van der Waals surface area (Å²) in [7, 11) is 0. The zero-order valence-electron chi connectivity index (χ0n) is 10.7. The number of hydrogen-bond acceptors (Lipinski definition) is 3. The zero-order valence-corrected chi connectivity index (χ0v) is 11.5. The number of rotatable bonds is 2. The summed E-state index contributed by atoms with van der Waals surface area (Å²) in [5, 5.41) is 7.45. The van der Waals surface area contributed by atoms with Gasteiger partial charge in [-0.3, -0.25) is 5.10 Å². The number of nitrogens with zero attached hydrogens (tertiary/aromatic N) is 2. The second kappa shape index (κ2) is 5.13. The first kappa shape index (κ1) is 12.4. The maximum Gasteiger partial charge on any atom is 0.126 e. The first-order valence-electron chi connectivity index (χ1n) is 6.59. The molecule has 0 saturated carbocycles. The number of nitrogen functional groups attached to an aromatic ring is 1. The predicted molar refractivity (Wildman–Crippen MR) is 79.5 cm³/mol. The van der Waals surface area contributed by atoms with Crippen molar-refractivity contribution in [3.8, 4) is 11.1 Å². The van der Waals surface area contributed by atoms with E-state index < -0.39 is 0 Å². The molecule has 1 aliphatic heterocycles. The number of hydrogen-bond donors (Lipinski definition) is 2. The van der Waals surface area contributed by atoms with Gasteiger partial charge in [-0.25, -0.2) is 0 Å². The molecule has 4 nitrogen and oxygen atoms in total. The number of aromatic amines is 1. The number of benzene rings is 1. The van der Waals surface area contributed by atoms with Crippen LogP contribution in [-0.2, 0) is 0 Å². The molecule has 19 heavy (non-hydrogen) atoms. The van der Waals surface area contributed by atoms with Crippen molar-refractivity contribution in [1.29, 1.82) is 0 Å². The van der Waals surface area contributed by atoms with Gasteiger partial charge in [0.2, 0.25) is 0 Å². The van der Waals surface area contributed by atoms with E-state index in [1.165, 1.54) is 19.3 Å². The molecule has 5 heteroatoms. The standard InChI is InChI=1S/C14H17ClN4/c15-12-8-10(11-9-17-18-14(11)16)4-5-13(12)19-6-2-1-3-7-19/h4-5,8-9H,1-3,6-7H2,(H3,16,17,18). The van der Waals surface area contributed by atoms with Crippen LogP contribution in [-0.4, -0.2) is 23.3 Å². The van der Waals surface area contributed by atoms with Crippen molar-refractivity contribution in [3.05, 3.63) is 29.4 Å². The third-order valence-electron chi connectivity index (χ3n) is 3.62. The fourth-order valence-corrected chi connectivity index (χ4v) is 2.89. The Morgan fingerprint density at radius 3 is 2.63 bits per heavy atom. The molecule has 0 unspecified atom stereocenters. The summed E-state index contributed by atoms with van der Waals surface area (Å²) in [4.78, 5) is 2.36. The van der Waals surface area contributed by atoms with E-state index in [2.05, 4.69) is 27.2 Å². The molecular weight excluding hydrogens is 260 g/mol. The number of aromatic nitrogens is 2.